The number of anilines is 2. The molecule has 4 rings (SSSR count). The minimum Gasteiger partial charge on any atom is -0.455 e. The molecule has 0 fully saturated rings. The van der Waals surface area contributed by atoms with E-state index >= 15 is 0 Å². The van der Waals surface area contributed by atoms with E-state index in [2.05, 4.69) is 15.6 Å². The summed E-state index contributed by atoms with van der Waals surface area (Å²) in [6.45, 7) is 5.74. The predicted octanol–water partition coefficient (Wildman–Crippen LogP) is 4.64. The number of ketones is 1. The van der Waals surface area contributed by atoms with E-state index in [1.54, 1.807) is 55.7 Å². The highest BCUT2D eigenvalue weighted by Crippen LogP contribution is 2.38. The van der Waals surface area contributed by atoms with Crippen LogP contribution in [0.2, 0.25) is 0 Å². The van der Waals surface area contributed by atoms with Gasteiger partial charge in [-0.15, -0.1) is 0 Å². The molecule has 0 saturated heterocycles. The molecule has 158 valence electrons. The Morgan fingerprint density at radius 3 is 2.45 bits per heavy atom. The SMILES string of the molecule is Cc1c(C(=O)Nc2cccc(C(=O)Nc3ccncc3)c2)oc2c1C(=O)CC(C)(C)C2. The van der Waals surface area contributed by atoms with Crippen LogP contribution in [0.4, 0.5) is 11.4 Å². The van der Waals surface area contributed by atoms with Gasteiger partial charge in [0.1, 0.15) is 5.76 Å². The summed E-state index contributed by atoms with van der Waals surface area (Å²) < 4.78 is 5.82. The third kappa shape index (κ3) is 4.26. The van der Waals surface area contributed by atoms with Gasteiger partial charge in [-0.1, -0.05) is 19.9 Å². The average Bonchev–Trinajstić information content (AvgIpc) is 3.04. The van der Waals surface area contributed by atoms with E-state index in [1.165, 1.54) is 0 Å². The highest BCUT2D eigenvalue weighted by Gasteiger charge is 2.37. The second kappa shape index (κ2) is 7.83. The van der Waals surface area contributed by atoms with Gasteiger partial charge in [0, 0.05) is 47.7 Å². The van der Waals surface area contributed by atoms with E-state index in [-0.39, 0.29) is 22.9 Å². The van der Waals surface area contributed by atoms with Crippen LogP contribution in [0, 0.1) is 12.3 Å². The molecular formula is C24H23N3O4. The van der Waals surface area contributed by atoms with Crippen LogP contribution in [0.5, 0.6) is 0 Å². The Morgan fingerprint density at radius 2 is 1.71 bits per heavy atom. The fourth-order valence-electron chi connectivity index (χ4n) is 3.86. The van der Waals surface area contributed by atoms with Crippen LogP contribution in [-0.2, 0) is 6.42 Å². The van der Waals surface area contributed by atoms with Crippen molar-refractivity contribution in [3.05, 3.63) is 77.0 Å². The Balaban J connectivity index is 1.53. The lowest BCUT2D eigenvalue weighted by atomic mass is 9.76. The van der Waals surface area contributed by atoms with E-state index in [0.29, 0.717) is 46.7 Å². The topological polar surface area (TPSA) is 101 Å². The maximum atomic E-state index is 12.9. The standard InChI is InChI=1S/C24H23N3O4/c1-14-20-18(28)12-24(2,3)13-19(20)31-21(14)23(30)27-17-6-4-5-15(11-17)22(29)26-16-7-9-25-10-8-16/h4-11H,12-13H2,1-3H3,(H,27,30)(H,25,26,29). The monoisotopic (exact) mass is 417 g/mol. The number of fused-ring (bicyclic) bond motifs is 1. The van der Waals surface area contributed by atoms with E-state index in [1.807, 2.05) is 13.8 Å². The van der Waals surface area contributed by atoms with E-state index < -0.39 is 5.91 Å². The minimum absolute atomic E-state index is 0.00123. The molecule has 0 unspecified atom stereocenters. The molecule has 0 atom stereocenters. The first-order valence-corrected chi connectivity index (χ1v) is 10.0. The molecule has 2 aromatic heterocycles. The highest BCUT2D eigenvalue weighted by atomic mass is 16.4. The smallest absolute Gasteiger partial charge is 0.291 e. The van der Waals surface area contributed by atoms with Crippen LogP contribution >= 0.6 is 0 Å². The molecule has 1 aliphatic carbocycles. The summed E-state index contributed by atoms with van der Waals surface area (Å²) in [5.41, 5.74) is 2.35. The summed E-state index contributed by atoms with van der Waals surface area (Å²) >= 11 is 0. The molecule has 0 aliphatic heterocycles. The zero-order valence-corrected chi connectivity index (χ0v) is 17.6. The van der Waals surface area contributed by atoms with Crippen molar-refractivity contribution in [1.82, 2.24) is 4.98 Å². The Kier molecular flexibility index (Phi) is 5.19. The number of nitrogens with zero attached hydrogens (tertiary/aromatic N) is 1. The molecule has 1 aromatic carbocycles. The van der Waals surface area contributed by atoms with Crippen molar-refractivity contribution in [2.45, 2.75) is 33.6 Å². The second-order valence-electron chi connectivity index (χ2n) is 8.52. The summed E-state index contributed by atoms with van der Waals surface area (Å²) in [5, 5.41) is 5.55. The first-order chi connectivity index (χ1) is 14.7. The van der Waals surface area contributed by atoms with Crippen molar-refractivity contribution in [3.63, 3.8) is 0 Å². The number of hydrogen-bond acceptors (Lipinski definition) is 5. The molecule has 7 heteroatoms. The normalized spacial score (nSPS) is 14.6. The van der Waals surface area contributed by atoms with Gasteiger partial charge in [0.2, 0.25) is 0 Å². The van der Waals surface area contributed by atoms with Crippen LogP contribution in [0.3, 0.4) is 0 Å². The lowest BCUT2D eigenvalue weighted by molar-refractivity contribution is 0.0898. The molecule has 7 nitrogen and oxygen atoms in total. The molecule has 0 bridgehead atoms. The number of pyridine rings is 1. The van der Waals surface area contributed by atoms with Gasteiger partial charge in [-0.2, -0.15) is 0 Å². The summed E-state index contributed by atoms with van der Waals surface area (Å²) in [6, 6.07) is 9.99. The number of carbonyl (C=O) groups excluding carboxylic acids is 3. The van der Waals surface area contributed by atoms with Crippen molar-refractivity contribution in [2.24, 2.45) is 5.41 Å². The molecule has 2 amide bonds. The number of benzene rings is 1. The maximum absolute atomic E-state index is 12.9. The summed E-state index contributed by atoms with van der Waals surface area (Å²) in [6.07, 6.45) is 4.20. The number of furan rings is 1. The first kappa shape index (κ1) is 20.5. The third-order valence-electron chi connectivity index (χ3n) is 5.30. The van der Waals surface area contributed by atoms with Gasteiger partial charge in [0.15, 0.2) is 11.5 Å². The number of carbonyl (C=O) groups is 3. The van der Waals surface area contributed by atoms with Crippen molar-refractivity contribution >= 4 is 29.0 Å². The molecule has 2 heterocycles. The van der Waals surface area contributed by atoms with Crippen LogP contribution in [0.25, 0.3) is 0 Å². The predicted molar refractivity (Wildman–Crippen MR) is 116 cm³/mol. The fourth-order valence-corrected chi connectivity index (χ4v) is 3.86. The van der Waals surface area contributed by atoms with Gasteiger partial charge < -0.3 is 15.1 Å². The van der Waals surface area contributed by atoms with E-state index in [9.17, 15) is 14.4 Å². The van der Waals surface area contributed by atoms with Gasteiger partial charge in [0.05, 0.1) is 5.56 Å². The Hall–Kier alpha value is -3.74. The van der Waals surface area contributed by atoms with Crippen LogP contribution < -0.4 is 10.6 Å². The molecular weight excluding hydrogens is 394 g/mol. The van der Waals surface area contributed by atoms with Crippen molar-refractivity contribution in [3.8, 4) is 0 Å². The number of hydrogen-bond donors (Lipinski definition) is 2. The van der Waals surface area contributed by atoms with Crippen molar-refractivity contribution in [1.29, 1.82) is 0 Å². The zero-order valence-electron chi connectivity index (χ0n) is 17.6. The second-order valence-corrected chi connectivity index (χ2v) is 8.52. The number of aromatic nitrogens is 1. The summed E-state index contributed by atoms with van der Waals surface area (Å²) in [4.78, 5) is 41.8. The number of Topliss-reactive ketones (excluding diaryl/α,β-unsaturated/α-hetero) is 1. The highest BCUT2D eigenvalue weighted by molar-refractivity contribution is 6.09. The van der Waals surface area contributed by atoms with Crippen LogP contribution in [-0.4, -0.2) is 22.6 Å². The van der Waals surface area contributed by atoms with Crippen LogP contribution in [0.15, 0.2) is 53.2 Å². The van der Waals surface area contributed by atoms with Gasteiger partial charge in [0.25, 0.3) is 11.8 Å². The largest absolute Gasteiger partial charge is 0.455 e. The Labute approximate surface area is 179 Å². The fraction of sp³-hybridized carbons (Fsp3) is 0.250. The van der Waals surface area contributed by atoms with E-state index in [0.717, 1.165) is 0 Å². The molecule has 0 saturated carbocycles. The lowest BCUT2D eigenvalue weighted by Gasteiger charge is -2.27. The third-order valence-corrected chi connectivity index (χ3v) is 5.30. The summed E-state index contributed by atoms with van der Waals surface area (Å²) in [7, 11) is 0. The molecule has 3 aromatic rings. The van der Waals surface area contributed by atoms with Gasteiger partial charge in [-0.25, -0.2) is 0 Å². The Morgan fingerprint density at radius 1 is 1.00 bits per heavy atom. The minimum atomic E-state index is -0.454. The number of rotatable bonds is 4. The zero-order chi connectivity index (χ0) is 22.2. The molecule has 0 radical (unpaired) electrons. The van der Waals surface area contributed by atoms with Gasteiger partial charge >= 0.3 is 0 Å². The molecule has 2 N–H and O–H groups in total. The first-order valence-electron chi connectivity index (χ1n) is 10.0. The Bertz CT molecular complexity index is 1180. The van der Waals surface area contributed by atoms with E-state index in [4.69, 9.17) is 4.42 Å². The molecule has 1 aliphatic rings. The van der Waals surface area contributed by atoms with Gasteiger partial charge in [-0.05, 0) is 42.7 Å². The number of nitrogens with one attached hydrogen (secondary N) is 2. The van der Waals surface area contributed by atoms with Gasteiger partial charge in [-0.3, -0.25) is 19.4 Å². The summed E-state index contributed by atoms with van der Waals surface area (Å²) in [5.74, 6) is -0.0673. The lowest BCUT2D eigenvalue weighted by Crippen LogP contribution is -2.26. The molecule has 31 heavy (non-hydrogen) atoms. The van der Waals surface area contributed by atoms with Crippen LogP contribution in [0.1, 0.15) is 62.9 Å². The maximum Gasteiger partial charge on any atom is 0.291 e. The quantitative estimate of drug-likeness (QED) is 0.644. The number of amides is 2. The molecule has 0 spiro atoms. The average molecular weight is 417 g/mol. The van der Waals surface area contributed by atoms with Crippen molar-refractivity contribution < 1.29 is 18.8 Å². The van der Waals surface area contributed by atoms with Crippen molar-refractivity contribution in [2.75, 3.05) is 10.6 Å².